The van der Waals surface area contributed by atoms with Gasteiger partial charge in [0, 0.05) is 108 Å². The molecule has 314 valence electrons. The molecule has 0 radical (unpaired) electrons. The number of ether oxygens (including phenoxy) is 3. The first-order valence-corrected chi connectivity index (χ1v) is 20.9. The number of allylic oxidation sites excluding steroid dienone is 12. The third-order valence-corrected chi connectivity index (χ3v) is 10.9. The topological polar surface area (TPSA) is 281 Å². The van der Waals surface area contributed by atoms with Crippen LogP contribution in [0.15, 0.2) is 67.2 Å². The first-order chi connectivity index (χ1) is 29.6. The van der Waals surface area contributed by atoms with Crippen LogP contribution in [0.5, 0.6) is 0 Å². The highest BCUT2D eigenvalue weighted by molar-refractivity contribution is 7.81. The van der Waals surface area contributed by atoms with Crippen molar-refractivity contribution in [2.24, 2.45) is 0 Å². The smallest absolute Gasteiger partial charge is 0.134 e. The van der Waals surface area contributed by atoms with Gasteiger partial charge in [-0.1, -0.05) is 0 Å². The van der Waals surface area contributed by atoms with E-state index < -0.39 is 0 Å². The summed E-state index contributed by atoms with van der Waals surface area (Å²) in [5.74, 6) is 0. The van der Waals surface area contributed by atoms with Crippen LogP contribution in [0.3, 0.4) is 0 Å². The number of nitrogens with zero attached hydrogens (tertiary/aromatic N) is 10. The standard InChI is InChI=1S/C42H45N13O3S3/c43-19-28(20-44)34-13-31(59)16-40(37(34)25-49)52-1-7-56-10-4-55(5-11-57-8-2-53-41-17-32(60)14-35(38(41)26-50)29(21-45)22-46)6-12-58-9-3-54-42-18-33(61)15-36(39(42)27-51)30(23-47)24-48/h31-33,52-54,59-61H,1-18H2. The molecule has 3 atom stereocenters. The van der Waals surface area contributed by atoms with E-state index in [2.05, 4.69) is 76.9 Å². The number of hydrogen-bond acceptors (Lipinski definition) is 19. The number of nitrogens with one attached hydrogen (secondary N) is 3. The zero-order chi connectivity index (χ0) is 44.6. The molecule has 0 bridgehead atoms. The van der Waals surface area contributed by atoms with Crippen molar-refractivity contribution in [2.45, 2.75) is 54.3 Å². The van der Waals surface area contributed by atoms with E-state index in [4.69, 9.17) is 14.2 Å². The Morgan fingerprint density at radius 2 is 0.705 bits per heavy atom. The lowest BCUT2D eigenvalue weighted by Crippen LogP contribution is -2.35. The van der Waals surface area contributed by atoms with Crippen LogP contribution >= 0.6 is 37.9 Å². The second kappa shape index (κ2) is 27.1. The van der Waals surface area contributed by atoms with E-state index in [1.54, 1.807) is 0 Å². The molecule has 0 aromatic rings. The van der Waals surface area contributed by atoms with Crippen LogP contribution in [-0.4, -0.2) is 99.6 Å². The normalized spacial score (nSPS) is 18.5. The molecule has 3 unspecified atom stereocenters. The molecule has 61 heavy (non-hydrogen) atoms. The van der Waals surface area contributed by atoms with Gasteiger partial charge in [-0.3, -0.25) is 4.90 Å². The van der Waals surface area contributed by atoms with E-state index in [-0.39, 0.29) is 32.5 Å². The van der Waals surface area contributed by atoms with Crippen LogP contribution in [-0.2, 0) is 14.2 Å². The van der Waals surface area contributed by atoms with Gasteiger partial charge in [0.2, 0.25) is 0 Å². The van der Waals surface area contributed by atoms with Gasteiger partial charge in [-0.15, -0.1) is 0 Å². The van der Waals surface area contributed by atoms with E-state index in [1.807, 2.05) is 36.4 Å². The Kier molecular flexibility index (Phi) is 22.0. The molecule has 0 aliphatic heterocycles. The van der Waals surface area contributed by atoms with Crippen molar-refractivity contribution in [1.29, 1.82) is 47.4 Å². The Bertz CT molecular complexity index is 1920. The van der Waals surface area contributed by atoms with Crippen LogP contribution in [0, 0.1) is 102 Å². The first kappa shape index (κ1) is 49.5. The number of thiol groups is 3. The molecule has 0 heterocycles. The van der Waals surface area contributed by atoms with Crippen LogP contribution in [0.4, 0.5) is 0 Å². The summed E-state index contributed by atoms with van der Waals surface area (Å²) in [6.45, 7) is 4.90. The molecule has 3 aliphatic rings. The molecular weight excluding hydrogens is 831 g/mol. The molecule has 16 nitrogen and oxygen atoms in total. The maximum Gasteiger partial charge on any atom is 0.134 e. The van der Waals surface area contributed by atoms with Crippen LogP contribution in [0.1, 0.15) is 38.5 Å². The minimum Gasteiger partial charge on any atom is -0.385 e. The average Bonchev–Trinajstić information content (AvgIpc) is 3.25. The highest BCUT2D eigenvalue weighted by Crippen LogP contribution is 2.35. The van der Waals surface area contributed by atoms with Gasteiger partial charge >= 0.3 is 0 Å². The van der Waals surface area contributed by atoms with Crippen molar-refractivity contribution in [2.75, 3.05) is 78.9 Å². The summed E-state index contributed by atoms with van der Waals surface area (Å²) in [5.41, 5.74) is 3.66. The van der Waals surface area contributed by atoms with Gasteiger partial charge in [-0.2, -0.15) is 85.2 Å². The summed E-state index contributed by atoms with van der Waals surface area (Å²) in [4.78, 5) is 2.12. The van der Waals surface area contributed by atoms with Gasteiger partial charge in [-0.25, -0.2) is 0 Å². The highest BCUT2D eigenvalue weighted by Gasteiger charge is 2.28. The monoisotopic (exact) mass is 875 g/mol. The maximum absolute atomic E-state index is 9.80. The van der Waals surface area contributed by atoms with Gasteiger partial charge in [0.15, 0.2) is 0 Å². The molecular formula is C42H45N13O3S3. The van der Waals surface area contributed by atoms with Crippen molar-refractivity contribution in [1.82, 2.24) is 20.9 Å². The van der Waals surface area contributed by atoms with Gasteiger partial charge in [0.05, 0.1) is 56.4 Å². The zero-order valence-electron chi connectivity index (χ0n) is 33.5. The second-order valence-electron chi connectivity index (χ2n) is 13.8. The molecule has 0 fully saturated rings. The number of nitriles is 9. The van der Waals surface area contributed by atoms with Crippen molar-refractivity contribution in [3.8, 4) is 54.6 Å². The minimum atomic E-state index is -0.148. The SMILES string of the molecule is N#CC(C#N)=C1CC(S)CC(NCCOCCN(CCOCCNC2=C(C#N)C(=C(C#N)C#N)CC(S)C2)CCOCCNC2=C(C#N)C(=C(C#N)C#N)CC(S)C2)=C1C#N. The summed E-state index contributed by atoms with van der Waals surface area (Å²) in [7, 11) is 0. The van der Waals surface area contributed by atoms with Gasteiger partial charge in [0.1, 0.15) is 71.3 Å². The van der Waals surface area contributed by atoms with E-state index in [0.717, 1.165) is 0 Å². The molecule has 0 amide bonds. The molecule has 0 spiro atoms. The van der Waals surface area contributed by atoms with Gasteiger partial charge in [0.25, 0.3) is 0 Å². The summed E-state index contributed by atoms with van der Waals surface area (Å²) < 4.78 is 17.8. The first-order valence-electron chi connectivity index (χ1n) is 19.3. The van der Waals surface area contributed by atoms with E-state index in [9.17, 15) is 47.4 Å². The molecule has 3 rings (SSSR count). The fourth-order valence-electron chi connectivity index (χ4n) is 6.88. The van der Waals surface area contributed by atoms with Gasteiger partial charge in [-0.05, 0) is 19.3 Å². The van der Waals surface area contributed by atoms with E-state index in [0.29, 0.717) is 168 Å². The predicted molar refractivity (Wildman–Crippen MR) is 232 cm³/mol. The van der Waals surface area contributed by atoms with Crippen LogP contribution in [0.2, 0.25) is 0 Å². The van der Waals surface area contributed by atoms with Crippen molar-refractivity contribution >= 4 is 37.9 Å². The molecule has 0 aromatic carbocycles. The summed E-state index contributed by atoms with van der Waals surface area (Å²) in [6, 6.07) is 17.6. The Morgan fingerprint density at radius 1 is 0.443 bits per heavy atom. The third-order valence-electron chi connectivity index (χ3n) is 9.77. The summed E-state index contributed by atoms with van der Waals surface area (Å²) in [5, 5.41) is 94.9. The molecule has 0 aromatic heterocycles. The number of rotatable bonds is 21. The minimum absolute atomic E-state index is 0.0921. The van der Waals surface area contributed by atoms with Crippen LogP contribution < -0.4 is 16.0 Å². The summed E-state index contributed by atoms with van der Waals surface area (Å²) in [6.07, 6.45) is 2.52. The lowest BCUT2D eigenvalue weighted by Gasteiger charge is -2.25. The van der Waals surface area contributed by atoms with E-state index in [1.165, 1.54) is 0 Å². The highest BCUT2D eigenvalue weighted by atomic mass is 32.1. The molecule has 19 heteroatoms. The van der Waals surface area contributed by atoms with Crippen LogP contribution in [0.25, 0.3) is 0 Å². The predicted octanol–water partition coefficient (Wildman–Crippen LogP) is 3.75. The number of hydrogen-bond donors (Lipinski definition) is 6. The van der Waals surface area contributed by atoms with Crippen molar-refractivity contribution < 1.29 is 14.2 Å². The summed E-state index contributed by atoms with van der Waals surface area (Å²) >= 11 is 13.7. The molecule has 0 saturated heterocycles. The second-order valence-corrected chi connectivity index (χ2v) is 16.0. The van der Waals surface area contributed by atoms with Gasteiger partial charge < -0.3 is 30.2 Å². The largest absolute Gasteiger partial charge is 0.385 e. The molecule has 3 aliphatic carbocycles. The fraction of sp³-hybridized carbons (Fsp3) is 0.500. The fourth-order valence-corrected chi connectivity index (χ4v) is 7.98. The third kappa shape index (κ3) is 15.0. The Labute approximate surface area is 373 Å². The quantitative estimate of drug-likeness (QED) is 0.0544. The maximum atomic E-state index is 9.80. The van der Waals surface area contributed by atoms with Crippen molar-refractivity contribution in [3.63, 3.8) is 0 Å². The molecule has 0 saturated carbocycles. The Hall–Kier alpha value is -5.86. The Morgan fingerprint density at radius 3 is 0.934 bits per heavy atom. The van der Waals surface area contributed by atoms with E-state index >= 15 is 0 Å². The Balaban J connectivity index is 1.55. The average molecular weight is 876 g/mol. The zero-order valence-corrected chi connectivity index (χ0v) is 36.2. The lowest BCUT2D eigenvalue weighted by molar-refractivity contribution is 0.0550. The van der Waals surface area contributed by atoms with Crippen molar-refractivity contribution in [3.05, 3.63) is 67.2 Å². The molecule has 3 N–H and O–H groups in total. The lowest BCUT2D eigenvalue weighted by atomic mass is 9.88.